The third kappa shape index (κ3) is 8.02. The van der Waals surface area contributed by atoms with Crippen LogP contribution in [0.1, 0.15) is 47.1 Å². The number of rotatable bonds is 5. The molecule has 0 spiro atoms. The van der Waals surface area contributed by atoms with Crippen LogP contribution in [-0.4, -0.2) is 34.2 Å². The van der Waals surface area contributed by atoms with Gasteiger partial charge in [-0.25, -0.2) is 14.0 Å². The Hall–Kier alpha value is -2.71. The van der Waals surface area contributed by atoms with Gasteiger partial charge >= 0.3 is 12.1 Å². The summed E-state index contributed by atoms with van der Waals surface area (Å²) in [5.41, 5.74) is -2.00. The Morgan fingerprint density at radius 1 is 1.15 bits per heavy atom. The maximum absolute atomic E-state index is 14.2. The Kier molecular flexibility index (Phi) is 6.88. The second kappa shape index (κ2) is 8.32. The van der Waals surface area contributed by atoms with Crippen LogP contribution >= 0.6 is 0 Å². The number of nitrogens with zero attached hydrogens (tertiary/aromatic N) is 1. The number of nitro benzene ring substituents is 1. The fourth-order valence-corrected chi connectivity index (χ4v) is 2.05. The molecule has 0 saturated carbocycles. The molecule has 8 nitrogen and oxygen atoms in total. The van der Waals surface area contributed by atoms with Gasteiger partial charge in [-0.05, 0) is 53.2 Å². The molecule has 0 aromatic heterocycles. The number of halogens is 1. The lowest BCUT2D eigenvalue weighted by Gasteiger charge is -2.26. The highest BCUT2D eigenvalue weighted by Gasteiger charge is 2.30. The summed E-state index contributed by atoms with van der Waals surface area (Å²) in [7, 11) is 0. The largest absolute Gasteiger partial charge is 0.458 e. The zero-order valence-electron chi connectivity index (χ0n) is 16.3. The summed E-state index contributed by atoms with van der Waals surface area (Å²) in [6.45, 7) is 9.94. The predicted octanol–water partition coefficient (Wildman–Crippen LogP) is 3.51. The zero-order valence-corrected chi connectivity index (χ0v) is 16.3. The van der Waals surface area contributed by atoms with Gasteiger partial charge in [-0.3, -0.25) is 10.1 Å². The van der Waals surface area contributed by atoms with Crippen LogP contribution in [0.25, 0.3) is 0 Å². The van der Waals surface area contributed by atoms with Gasteiger partial charge in [0.1, 0.15) is 23.1 Å². The molecule has 0 aliphatic carbocycles. The van der Waals surface area contributed by atoms with E-state index < -0.39 is 45.7 Å². The minimum Gasteiger partial charge on any atom is -0.458 e. The van der Waals surface area contributed by atoms with E-state index in [1.54, 1.807) is 41.5 Å². The number of carbonyl (C=O) groups excluding carboxylic acids is 2. The smallest absolute Gasteiger partial charge is 0.408 e. The first-order valence-corrected chi connectivity index (χ1v) is 8.33. The number of nitro groups is 1. The Labute approximate surface area is 157 Å². The fraction of sp³-hybridized carbons (Fsp3) is 0.556. The summed E-state index contributed by atoms with van der Waals surface area (Å²) in [6, 6.07) is 1.85. The van der Waals surface area contributed by atoms with Gasteiger partial charge in [0.2, 0.25) is 0 Å². The van der Waals surface area contributed by atoms with Crippen LogP contribution < -0.4 is 5.32 Å². The van der Waals surface area contributed by atoms with Crippen molar-refractivity contribution in [3.05, 3.63) is 39.7 Å². The van der Waals surface area contributed by atoms with Crippen molar-refractivity contribution in [2.24, 2.45) is 0 Å². The van der Waals surface area contributed by atoms with Crippen LogP contribution in [0.5, 0.6) is 0 Å². The molecule has 0 fully saturated rings. The van der Waals surface area contributed by atoms with E-state index in [2.05, 4.69) is 5.32 Å². The second-order valence-corrected chi connectivity index (χ2v) is 7.97. The molecule has 1 N–H and O–H groups in total. The third-order valence-electron chi connectivity index (χ3n) is 3.05. The molecule has 0 aliphatic heterocycles. The Morgan fingerprint density at radius 2 is 1.70 bits per heavy atom. The lowest BCUT2D eigenvalue weighted by Crippen LogP contribution is -2.47. The molecule has 1 aromatic rings. The monoisotopic (exact) mass is 384 g/mol. The first kappa shape index (κ1) is 22.3. The van der Waals surface area contributed by atoms with E-state index in [9.17, 15) is 24.1 Å². The normalized spacial score (nSPS) is 12.9. The highest BCUT2D eigenvalue weighted by atomic mass is 19.1. The van der Waals surface area contributed by atoms with Crippen molar-refractivity contribution in [1.82, 2.24) is 5.32 Å². The van der Waals surface area contributed by atoms with Crippen LogP contribution in [0.4, 0.5) is 14.9 Å². The summed E-state index contributed by atoms with van der Waals surface area (Å²) in [5.74, 6) is -1.63. The lowest BCUT2D eigenvalue weighted by molar-refractivity contribution is -0.385. The van der Waals surface area contributed by atoms with Gasteiger partial charge in [0.05, 0.1) is 11.0 Å². The molecule has 1 rings (SSSR count). The molecule has 1 amide bonds. The standard InChI is InChI=1S/C18H25FN2O6/c1-17(2,3)26-15(22)14(20-16(23)27-18(4,5)6)9-11-7-8-12(21(24)25)10-13(11)19/h7-8,10,14H,9H2,1-6H3,(H,20,23)/t14-/m0/s1. The SMILES string of the molecule is CC(C)(C)OC(=O)N[C@@H](Cc1ccc([N+](=O)[O-])cc1F)C(=O)OC(C)(C)C. The molecule has 0 unspecified atom stereocenters. The molecule has 150 valence electrons. The summed E-state index contributed by atoms with van der Waals surface area (Å²) in [4.78, 5) is 34.5. The minimum atomic E-state index is -1.23. The molecule has 0 bridgehead atoms. The number of esters is 1. The van der Waals surface area contributed by atoms with Crippen LogP contribution in [-0.2, 0) is 20.7 Å². The average molecular weight is 384 g/mol. The van der Waals surface area contributed by atoms with Crippen LogP contribution in [0.15, 0.2) is 18.2 Å². The Balaban J connectivity index is 3.05. The van der Waals surface area contributed by atoms with Crippen molar-refractivity contribution in [3.8, 4) is 0 Å². The molecule has 1 atom stereocenters. The molecule has 27 heavy (non-hydrogen) atoms. The Bertz CT molecular complexity index is 722. The summed E-state index contributed by atoms with van der Waals surface area (Å²) >= 11 is 0. The van der Waals surface area contributed by atoms with Gasteiger partial charge in [0.15, 0.2) is 0 Å². The van der Waals surface area contributed by atoms with E-state index in [0.717, 1.165) is 12.1 Å². The van der Waals surface area contributed by atoms with Gasteiger partial charge in [-0.1, -0.05) is 0 Å². The van der Waals surface area contributed by atoms with Crippen molar-refractivity contribution >= 4 is 17.7 Å². The molecular weight excluding hydrogens is 359 g/mol. The summed E-state index contributed by atoms with van der Waals surface area (Å²) in [5, 5.41) is 13.1. The number of hydrogen-bond donors (Lipinski definition) is 1. The minimum absolute atomic E-state index is 0.0208. The van der Waals surface area contributed by atoms with E-state index >= 15 is 0 Å². The second-order valence-electron chi connectivity index (χ2n) is 7.97. The van der Waals surface area contributed by atoms with Gasteiger partial charge < -0.3 is 14.8 Å². The van der Waals surface area contributed by atoms with E-state index in [0.29, 0.717) is 0 Å². The molecule has 0 aliphatic rings. The first-order valence-electron chi connectivity index (χ1n) is 8.33. The fourth-order valence-electron chi connectivity index (χ4n) is 2.05. The quantitative estimate of drug-likeness (QED) is 0.473. The number of non-ortho nitro benzene ring substituents is 1. The van der Waals surface area contributed by atoms with E-state index in [4.69, 9.17) is 9.47 Å². The van der Waals surface area contributed by atoms with E-state index in [-0.39, 0.29) is 12.0 Å². The number of amides is 1. The lowest BCUT2D eigenvalue weighted by atomic mass is 10.0. The number of ether oxygens (including phenoxy) is 2. The maximum atomic E-state index is 14.2. The van der Waals surface area contributed by atoms with Crippen molar-refractivity contribution in [2.75, 3.05) is 0 Å². The molecule has 0 saturated heterocycles. The van der Waals surface area contributed by atoms with Crippen molar-refractivity contribution in [1.29, 1.82) is 0 Å². The number of benzene rings is 1. The van der Waals surface area contributed by atoms with Gasteiger partial charge in [-0.15, -0.1) is 0 Å². The zero-order chi connectivity index (χ0) is 21.0. The average Bonchev–Trinajstić information content (AvgIpc) is 2.44. The van der Waals surface area contributed by atoms with Crippen molar-refractivity contribution in [2.45, 2.75) is 65.2 Å². The summed E-state index contributed by atoms with van der Waals surface area (Å²) in [6.07, 6.45) is -1.11. The molecule has 0 radical (unpaired) electrons. The summed E-state index contributed by atoms with van der Waals surface area (Å²) < 4.78 is 24.6. The number of nitrogens with one attached hydrogen (secondary N) is 1. The Morgan fingerprint density at radius 3 is 2.15 bits per heavy atom. The topological polar surface area (TPSA) is 108 Å². The van der Waals surface area contributed by atoms with Gasteiger partial charge in [-0.2, -0.15) is 0 Å². The van der Waals surface area contributed by atoms with E-state index in [1.165, 1.54) is 6.07 Å². The molecule has 0 heterocycles. The molecule has 9 heteroatoms. The maximum Gasteiger partial charge on any atom is 0.408 e. The highest BCUT2D eigenvalue weighted by Crippen LogP contribution is 2.19. The van der Waals surface area contributed by atoms with Crippen molar-refractivity contribution < 1.29 is 28.4 Å². The van der Waals surface area contributed by atoms with Crippen LogP contribution in [0.2, 0.25) is 0 Å². The third-order valence-corrected chi connectivity index (χ3v) is 3.05. The molecular formula is C18H25FN2O6. The van der Waals surface area contributed by atoms with Gasteiger partial charge in [0, 0.05) is 12.5 Å². The van der Waals surface area contributed by atoms with Crippen molar-refractivity contribution in [3.63, 3.8) is 0 Å². The van der Waals surface area contributed by atoms with Crippen LogP contribution in [0, 0.1) is 15.9 Å². The van der Waals surface area contributed by atoms with Crippen LogP contribution in [0.3, 0.4) is 0 Å². The number of alkyl carbamates (subject to hydrolysis) is 1. The number of carbonyl (C=O) groups is 2. The molecule has 1 aromatic carbocycles. The first-order chi connectivity index (χ1) is 12.2. The predicted molar refractivity (Wildman–Crippen MR) is 95.8 cm³/mol. The van der Waals surface area contributed by atoms with E-state index in [1.807, 2.05) is 0 Å². The highest BCUT2D eigenvalue weighted by molar-refractivity contribution is 5.82. The van der Waals surface area contributed by atoms with Gasteiger partial charge in [0.25, 0.3) is 5.69 Å². The number of hydrogen-bond acceptors (Lipinski definition) is 6.